The molecule has 5 heteroatoms. The Balaban J connectivity index is 0.000000847. The standard InChI is InChI=1S/C15H17N5.C2H6/c1-9-5-12(19-14-6-10(2)16-8-17-14)7-13-15(9)20(4)11(3)18-13;1-2/h5-8H,1-4H3,(H,16,17,19);1-2H3. The van der Waals surface area contributed by atoms with Gasteiger partial charge in [-0.2, -0.15) is 0 Å². The first-order valence-electron chi connectivity index (χ1n) is 7.54. The third-order valence-corrected chi connectivity index (χ3v) is 3.46. The molecule has 3 rings (SSSR count). The first-order valence-corrected chi connectivity index (χ1v) is 7.54. The van der Waals surface area contributed by atoms with Gasteiger partial charge in [-0.15, -0.1) is 0 Å². The lowest BCUT2D eigenvalue weighted by atomic mass is 10.2. The third-order valence-electron chi connectivity index (χ3n) is 3.46. The summed E-state index contributed by atoms with van der Waals surface area (Å²) in [6.07, 6.45) is 1.56. The summed E-state index contributed by atoms with van der Waals surface area (Å²) in [5, 5.41) is 3.31. The lowest BCUT2D eigenvalue weighted by Gasteiger charge is -2.08. The van der Waals surface area contributed by atoms with Crippen molar-refractivity contribution in [3.63, 3.8) is 0 Å². The average Bonchev–Trinajstić information content (AvgIpc) is 2.76. The minimum absolute atomic E-state index is 0.795. The van der Waals surface area contributed by atoms with E-state index in [1.54, 1.807) is 6.33 Å². The van der Waals surface area contributed by atoms with E-state index in [1.165, 1.54) is 11.1 Å². The third kappa shape index (κ3) is 3.08. The summed E-state index contributed by atoms with van der Waals surface area (Å²) in [5.74, 6) is 1.81. The Morgan fingerprint density at radius 2 is 1.73 bits per heavy atom. The molecule has 0 fully saturated rings. The van der Waals surface area contributed by atoms with Crippen LogP contribution in [0.4, 0.5) is 11.5 Å². The number of aromatic nitrogens is 4. The number of nitrogens with one attached hydrogen (secondary N) is 1. The molecule has 0 atom stereocenters. The van der Waals surface area contributed by atoms with Crippen molar-refractivity contribution in [2.45, 2.75) is 34.6 Å². The van der Waals surface area contributed by atoms with E-state index >= 15 is 0 Å². The number of aryl methyl sites for hydroxylation is 4. The summed E-state index contributed by atoms with van der Waals surface area (Å²) in [4.78, 5) is 12.9. The second-order valence-corrected chi connectivity index (χ2v) is 5.05. The maximum atomic E-state index is 4.58. The Morgan fingerprint density at radius 3 is 2.41 bits per heavy atom. The van der Waals surface area contributed by atoms with E-state index in [4.69, 9.17) is 0 Å². The Morgan fingerprint density at radius 1 is 1.00 bits per heavy atom. The van der Waals surface area contributed by atoms with E-state index in [9.17, 15) is 0 Å². The SMILES string of the molecule is CC.Cc1cc(Nc2cc(C)c3c(c2)nc(C)n3C)ncn1. The smallest absolute Gasteiger partial charge is 0.133 e. The van der Waals surface area contributed by atoms with E-state index in [1.807, 2.05) is 46.9 Å². The van der Waals surface area contributed by atoms with E-state index in [-0.39, 0.29) is 0 Å². The van der Waals surface area contributed by atoms with Crippen molar-refractivity contribution < 1.29 is 0 Å². The van der Waals surface area contributed by atoms with Gasteiger partial charge in [-0.1, -0.05) is 13.8 Å². The van der Waals surface area contributed by atoms with E-state index < -0.39 is 0 Å². The number of rotatable bonds is 2. The number of fused-ring (bicyclic) bond motifs is 1. The minimum atomic E-state index is 0.795. The van der Waals surface area contributed by atoms with Gasteiger partial charge < -0.3 is 9.88 Å². The molecule has 0 radical (unpaired) electrons. The predicted molar refractivity (Wildman–Crippen MR) is 91.6 cm³/mol. The summed E-state index contributed by atoms with van der Waals surface area (Å²) in [5.41, 5.74) is 5.30. The maximum absolute atomic E-state index is 4.58. The van der Waals surface area contributed by atoms with Gasteiger partial charge in [-0.05, 0) is 38.5 Å². The quantitative estimate of drug-likeness (QED) is 0.775. The highest BCUT2D eigenvalue weighted by Crippen LogP contribution is 2.25. The summed E-state index contributed by atoms with van der Waals surface area (Å²) < 4.78 is 2.11. The molecule has 2 heterocycles. The van der Waals surface area contributed by atoms with Gasteiger partial charge in [0, 0.05) is 24.5 Å². The Kier molecular flexibility index (Phi) is 4.75. The van der Waals surface area contributed by atoms with E-state index in [0.717, 1.165) is 28.5 Å². The summed E-state index contributed by atoms with van der Waals surface area (Å²) >= 11 is 0. The maximum Gasteiger partial charge on any atom is 0.133 e. The van der Waals surface area contributed by atoms with Crippen LogP contribution in [0.1, 0.15) is 30.9 Å². The van der Waals surface area contributed by atoms with Gasteiger partial charge in [0.15, 0.2) is 0 Å². The van der Waals surface area contributed by atoms with Gasteiger partial charge in [0.2, 0.25) is 0 Å². The van der Waals surface area contributed by atoms with Gasteiger partial charge in [0.25, 0.3) is 0 Å². The summed E-state index contributed by atoms with van der Waals surface area (Å²) in [6.45, 7) is 10.1. The van der Waals surface area contributed by atoms with Gasteiger partial charge in [-0.25, -0.2) is 15.0 Å². The highest BCUT2D eigenvalue weighted by molar-refractivity contribution is 5.84. The van der Waals surface area contributed by atoms with Crippen molar-refractivity contribution in [1.82, 2.24) is 19.5 Å². The van der Waals surface area contributed by atoms with Crippen molar-refractivity contribution in [1.29, 1.82) is 0 Å². The van der Waals surface area contributed by atoms with E-state index in [2.05, 4.69) is 37.8 Å². The van der Waals surface area contributed by atoms with Crippen LogP contribution >= 0.6 is 0 Å². The lowest BCUT2D eigenvalue weighted by Crippen LogP contribution is -1.97. The van der Waals surface area contributed by atoms with Crippen molar-refractivity contribution in [3.8, 4) is 0 Å². The molecule has 1 N–H and O–H groups in total. The molecule has 2 aromatic heterocycles. The second kappa shape index (κ2) is 6.56. The van der Waals surface area contributed by atoms with Gasteiger partial charge >= 0.3 is 0 Å². The monoisotopic (exact) mass is 297 g/mol. The number of benzene rings is 1. The van der Waals surface area contributed by atoms with Crippen LogP contribution < -0.4 is 5.32 Å². The number of hydrogen-bond donors (Lipinski definition) is 1. The fraction of sp³-hybridized carbons (Fsp3) is 0.353. The molecule has 3 aromatic rings. The molecular formula is C17H23N5. The van der Waals surface area contributed by atoms with Crippen LogP contribution in [0.5, 0.6) is 0 Å². The largest absolute Gasteiger partial charge is 0.340 e. The van der Waals surface area contributed by atoms with Crippen LogP contribution in [-0.4, -0.2) is 19.5 Å². The van der Waals surface area contributed by atoms with Gasteiger partial charge in [0.1, 0.15) is 18.0 Å². The topological polar surface area (TPSA) is 55.6 Å². The molecule has 0 aliphatic heterocycles. The molecule has 116 valence electrons. The summed E-state index contributed by atoms with van der Waals surface area (Å²) in [6, 6.07) is 6.08. The molecule has 22 heavy (non-hydrogen) atoms. The van der Waals surface area contributed by atoms with Crippen LogP contribution in [-0.2, 0) is 7.05 Å². The van der Waals surface area contributed by atoms with E-state index in [0.29, 0.717) is 0 Å². The Hall–Kier alpha value is -2.43. The van der Waals surface area contributed by atoms with Crippen LogP contribution in [0.2, 0.25) is 0 Å². The van der Waals surface area contributed by atoms with Gasteiger partial charge in [0.05, 0.1) is 11.0 Å². The number of anilines is 2. The molecule has 1 aromatic carbocycles. The molecule has 0 saturated heterocycles. The first-order chi connectivity index (χ1) is 10.5. The zero-order chi connectivity index (χ0) is 16.3. The highest BCUT2D eigenvalue weighted by atomic mass is 15.1. The van der Waals surface area contributed by atoms with Crippen LogP contribution in [0.3, 0.4) is 0 Å². The Labute approximate surface area is 131 Å². The molecule has 0 amide bonds. The zero-order valence-corrected chi connectivity index (χ0v) is 14.1. The second-order valence-electron chi connectivity index (χ2n) is 5.05. The summed E-state index contributed by atoms with van der Waals surface area (Å²) in [7, 11) is 2.04. The molecule has 0 aliphatic carbocycles. The fourth-order valence-electron chi connectivity index (χ4n) is 2.44. The zero-order valence-electron chi connectivity index (χ0n) is 14.1. The molecular weight excluding hydrogens is 274 g/mol. The fourth-order valence-corrected chi connectivity index (χ4v) is 2.44. The predicted octanol–water partition coefficient (Wildman–Crippen LogP) is 4.06. The number of imidazole rings is 1. The number of nitrogens with zero attached hydrogens (tertiary/aromatic N) is 4. The van der Waals surface area contributed by atoms with Crippen molar-refractivity contribution in [3.05, 3.63) is 41.6 Å². The average molecular weight is 297 g/mol. The van der Waals surface area contributed by atoms with Crippen LogP contribution in [0, 0.1) is 20.8 Å². The molecule has 0 bridgehead atoms. The molecule has 0 saturated carbocycles. The highest BCUT2D eigenvalue weighted by Gasteiger charge is 2.09. The van der Waals surface area contributed by atoms with Crippen molar-refractivity contribution in [2.24, 2.45) is 7.05 Å². The van der Waals surface area contributed by atoms with Crippen LogP contribution in [0.25, 0.3) is 11.0 Å². The first kappa shape index (κ1) is 15.9. The lowest BCUT2D eigenvalue weighted by molar-refractivity contribution is 0.883. The normalized spacial score (nSPS) is 10.3. The molecule has 0 aliphatic rings. The van der Waals surface area contributed by atoms with Crippen molar-refractivity contribution >= 4 is 22.5 Å². The minimum Gasteiger partial charge on any atom is -0.340 e. The van der Waals surface area contributed by atoms with Gasteiger partial charge in [-0.3, -0.25) is 0 Å². The number of hydrogen-bond acceptors (Lipinski definition) is 4. The molecule has 0 unspecified atom stereocenters. The molecule has 5 nitrogen and oxygen atoms in total. The van der Waals surface area contributed by atoms with Crippen LogP contribution in [0.15, 0.2) is 24.5 Å². The van der Waals surface area contributed by atoms with Crippen molar-refractivity contribution in [2.75, 3.05) is 5.32 Å². The molecule has 0 spiro atoms. The Bertz CT molecular complexity index is 789.